The normalized spacial score (nSPS) is 11.3. The first kappa shape index (κ1) is 9.57. The number of allylic oxidation sites excluding steroid dienone is 4. The zero-order valence-corrected chi connectivity index (χ0v) is 7.23. The maximum Gasteiger partial charge on any atom is 0.00135 e. The molecule has 0 nitrogen and oxygen atoms in total. The van der Waals surface area contributed by atoms with E-state index in [1.54, 1.807) is 5.37 Å². The fraction of sp³-hybridized carbons (Fsp3) is 0.444. The van der Waals surface area contributed by atoms with Gasteiger partial charge in [0.2, 0.25) is 0 Å². The van der Waals surface area contributed by atoms with E-state index in [4.69, 9.17) is 0 Å². The molecule has 0 aliphatic carbocycles. The van der Waals surface area contributed by atoms with E-state index in [-0.39, 0.29) is 0 Å². The highest BCUT2D eigenvalue weighted by atomic mass is 32.1. The molecule has 0 aliphatic rings. The van der Waals surface area contributed by atoms with Crippen LogP contribution in [0.2, 0.25) is 0 Å². The molecule has 0 saturated carbocycles. The van der Waals surface area contributed by atoms with Crippen LogP contribution in [0.3, 0.4) is 0 Å². The van der Waals surface area contributed by atoms with Gasteiger partial charge in [0.25, 0.3) is 0 Å². The molecule has 0 unspecified atom stereocenters. The standard InChI is InChI=1S/C9H14S/c1-2-3-4-5-6-7-8-9-10/h5-9H,2-4H2,1H3. The second-order valence-electron chi connectivity index (χ2n) is 2.09. The van der Waals surface area contributed by atoms with Crippen LogP contribution >= 0.6 is 12.2 Å². The molecule has 0 spiro atoms. The lowest BCUT2D eigenvalue weighted by atomic mass is 10.2. The van der Waals surface area contributed by atoms with Crippen molar-refractivity contribution in [2.75, 3.05) is 0 Å². The van der Waals surface area contributed by atoms with E-state index in [1.165, 1.54) is 19.3 Å². The minimum Gasteiger partial charge on any atom is -0.0887 e. The molecule has 0 amide bonds. The van der Waals surface area contributed by atoms with Crippen molar-refractivity contribution in [3.8, 4) is 0 Å². The number of rotatable bonds is 5. The van der Waals surface area contributed by atoms with Gasteiger partial charge in [-0.2, -0.15) is 0 Å². The summed E-state index contributed by atoms with van der Waals surface area (Å²) in [7, 11) is 0. The summed E-state index contributed by atoms with van der Waals surface area (Å²) in [5.41, 5.74) is 0. The Morgan fingerprint density at radius 1 is 1.20 bits per heavy atom. The van der Waals surface area contributed by atoms with Crippen molar-refractivity contribution >= 4 is 17.6 Å². The molecule has 0 rings (SSSR count). The lowest BCUT2D eigenvalue weighted by Gasteiger charge is -1.84. The predicted molar refractivity (Wildman–Crippen MR) is 51.5 cm³/mol. The molecule has 0 N–H and O–H groups in total. The van der Waals surface area contributed by atoms with Gasteiger partial charge in [0.15, 0.2) is 0 Å². The molecule has 0 fully saturated rings. The molecule has 0 saturated heterocycles. The summed E-state index contributed by atoms with van der Waals surface area (Å²) in [6.07, 6.45) is 11.7. The average molecular weight is 154 g/mol. The molecule has 0 radical (unpaired) electrons. The van der Waals surface area contributed by atoms with Crippen molar-refractivity contribution in [3.63, 3.8) is 0 Å². The number of unbranched alkanes of at least 4 members (excludes halogenated alkanes) is 2. The highest BCUT2D eigenvalue weighted by Crippen LogP contribution is 1.94. The molecule has 1 heteroatoms. The van der Waals surface area contributed by atoms with Crippen LogP contribution in [0.1, 0.15) is 26.2 Å². The zero-order valence-electron chi connectivity index (χ0n) is 6.42. The van der Waals surface area contributed by atoms with Gasteiger partial charge < -0.3 is 0 Å². The first-order chi connectivity index (χ1) is 4.91. The third kappa shape index (κ3) is 7.57. The van der Waals surface area contributed by atoms with Gasteiger partial charge in [0.05, 0.1) is 0 Å². The average Bonchev–Trinajstić information content (AvgIpc) is 1.97. The maximum absolute atomic E-state index is 4.61. The second-order valence-corrected chi connectivity index (χ2v) is 2.36. The van der Waals surface area contributed by atoms with Crippen LogP contribution in [0, 0.1) is 0 Å². The highest BCUT2D eigenvalue weighted by Gasteiger charge is 1.74. The summed E-state index contributed by atoms with van der Waals surface area (Å²) >= 11 is 4.61. The van der Waals surface area contributed by atoms with Crippen molar-refractivity contribution in [1.82, 2.24) is 0 Å². The summed E-state index contributed by atoms with van der Waals surface area (Å²) in [5, 5.41) is 1.62. The molecular formula is C9H14S. The zero-order chi connectivity index (χ0) is 7.66. The van der Waals surface area contributed by atoms with E-state index >= 15 is 0 Å². The third-order valence-electron chi connectivity index (χ3n) is 1.16. The van der Waals surface area contributed by atoms with Gasteiger partial charge in [0, 0.05) is 5.37 Å². The molecule has 0 atom stereocenters. The van der Waals surface area contributed by atoms with E-state index in [9.17, 15) is 0 Å². The Labute approximate surface area is 68.6 Å². The van der Waals surface area contributed by atoms with Crippen molar-refractivity contribution in [1.29, 1.82) is 0 Å². The molecule has 56 valence electrons. The minimum absolute atomic E-state index is 1.18. The predicted octanol–water partition coefficient (Wildman–Crippen LogP) is 3.29. The molecule has 0 aromatic rings. The summed E-state index contributed by atoms with van der Waals surface area (Å²) in [5.74, 6) is 0. The Morgan fingerprint density at radius 3 is 2.60 bits per heavy atom. The third-order valence-corrected chi connectivity index (χ3v) is 1.32. The van der Waals surface area contributed by atoms with Crippen LogP contribution < -0.4 is 0 Å². The minimum atomic E-state index is 1.18. The fourth-order valence-electron chi connectivity index (χ4n) is 0.606. The van der Waals surface area contributed by atoms with E-state index in [0.717, 1.165) is 0 Å². The molecule has 0 aromatic carbocycles. The van der Waals surface area contributed by atoms with E-state index in [1.807, 2.05) is 18.2 Å². The van der Waals surface area contributed by atoms with Crippen molar-refractivity contribution in [2.45, 2.75) is 26.2 Å². The maximum atomic E-state index is 4.61. The fourth-order valence-corrected chi connectivity index (χ4v) is 0.697. The van der Waals surface area contributed by atoms with Gasteiger partial charge in [-0.3, -0.25) is 0 Å². The molecule has 0 aromatic heterocycles. The van der Waals surface area contributed by atoms with Crippen LogP contribution in [0.25, 0.3) is 0 Å². The van der Waals surface area contributed by atoms with Crippen molar-refractivity contribution in [2.24, 2.45) is 0 Å². The number of hydrogen-bond acceptors (Lipinski definition) is 1. The summed E-state index contributed by atoms with van der Waals surface area (Å²) in [4.78, 5) is 0. The van der Waals surface area contributed by atoms with Crippen LogP contribution in [-0.2, 0) is 0 Å². The van der Waals surface area contributed by atoms with Gasteiger partial charge in [-0.15, -0.1) is 0 Å². The Balaban J connectivity index is 3.19. The van der Waals surface area contributed by atoms with Gasteiger partial charge >= 0.3 is 0 Å². The van der Waals surface area contributed by atoms with Gasteiger partial charge in [0.1, 0.15) is 0 Å². The quantitative estimate of drug-likeness (QED) is 0.253. The SMILES string of the molecule is CCCCC=CC=CC=S. The van der Waals surface area contributed by atoms with Gasteiger partial charge in [-0.1, -0.05) is 56.3 Å². The van der Waals surface area contributed by atoms with Crippen LogP contribution in [0.4, 0.5) is 0 Å². The van der Waals surface area contributed by atoms with E-state index < -0.39 is 0 Å². The van der Waals surface area contributed by atoms with Crippen LogP contribution in [0.5, 0.6) is 0 Å². The molecule has 0 heterocycles. The van der Waals surface area contributed by atoms with Gasteiger partial charge in [-0.05, 0) is 6.42 Å². The topological polar surface area (TPSA) is 0 Å². The monoisotopic (exact) mass is 154 g/mol. The number of thiocarbonyl (C=S) groups is 1. The van der Waals surface area contributed by atoms with Gasteiger partial charge in [-0.25, -0.2) is 0 Å². The summed E-state index contributed by atoms with van der Waals surface area (Å²) < 4.78 is 0. The molecule has 10 heavy (non-hydrogen) atoms. The Kier molecular flexibility index (Phi) is 8.20. The first-order valence-corrected chi connectivity index (χ1v) is 4.16. The Bertz CT molecular complexity index is 123. The largest absolute Gasteiger partial charge is 0.0887 e. The summed E-state index contributed by atoms with van der Waals surface area (Å²) in [6.45, 7) is 2.20. The lowest BCUT2D eigenvalue weighted by Crippen LogP contribution is -1.64. The van der Waals surface area contributed by atoms with Crippen LogP contribution in [0.15, 0.2) is 24.3 Å². The first-order valence-electron chi connectivity index (χ1n) is 3.68. The molecule has 0 aliphatic heterocycles. The number of hydrogen-bond donors (Lipinski definition) is 0. The smallest absolute Gasteiger partial charge is 0.00135 e. The second kappa shape index (κ2) is 8.57. The van der Waals surface area contributed by atoms with Crippen molar-refractivity contribution < 1.29 is 0 Å². The van der Waals surface area contributed by atoms with Crippen molar-refractivity contribution in [3.05, 3.63) is 24.3 Å². The Morgan fingerprint density at radius 2 is 2.00 bits per heavy atom. The lowest BCUT2D eigenvalue weighted by molar-refractivity contribution is 0.815. The van der Waals surface area contributed by atoms with Crippen LogP contribution in [-0.4, -0.2) is 5.37 Å². The molecular weight excluding hydrogens is 140 g/mol. The molecule has 0 bridgehead atoms. The van der Waals surface area contributed by atoms with E-state index in [0.29, 0.717) is 0 Å². The summed E-state index contributed by atoms with van der Waals surface area (Å²) in [6, 6.07) is 0. The van der Waals surface area contributed by atoms with E-state index in [2.05, 4.69) is 25.2 Å². The highest BCUT2D eigenvalue weighted by molar-refractivity contribution is 7.79. The Hall–Kier alpha value is -0.430.